The minimum atomic E-state index is -4.74. The lowest BCUT2D eigenvalue weighted by molar-refractivity contribution is -0.274. The largest absolute Gasteiger partial charge is 0.573 e. The molecular weight excluding hydrogens is 457 g/mol. The first kappa shape index (κ1) is 26.7. The van der Waals surface area contributed by atoms with E-state index in [9.17, 15) is 13.2 Å². The number of nitrogens with zero attached hydrogens (tertiary/aromatic N) is 2. The van der Waals surface area contributed by atoms with Crippen molar-refractivity contribution in [3.63, 3.8) is 0 Å². The first-order valence-electron chi connectivity index (χ1n) is 11.9. The molecule has 2 aromatic carbocycles. The van der Waals surface area contributed by atoms with Crippen LogP contribution in [0.2, 0.25) is 0 Å². The molecule has 9 heteroatoms. The number of hydrogen-bond acceptors (Lipinski definition) is 4. The maximum absolute atomic E-state index is 12.5. The lowest BCUT2D eigenvalue weighted by atomic mass is 9.92. The molecule has 0 bridgehead atoms. The Morgan fingerprint density at radius 2 is 1.83 bits per heavy atom. The number of nitrogens with two attached hydrogens (primary N) is 1. The van der Waals surface area contributed by atoms with Gasteiger partial charge in [0, 0.05) is 24.8 Å². The zero-order valence-corrected chi connectivity index (χ0v) is 20.6. The van der Waals surface area contributed by atoms with E-state index in [0.717, 1.165) is 25.1 Å². The van der Waals surface area contributed by atoms with Gasteiger partial charge in [0.2, 0.25) is 0 Å². The summed E-state index contributed by atoms with van der Waals surface area (Å²) in [7, 11) is 0. The molecule has 35 heavy (non-hydrogen) atoms. The molecule has 0 aromatic heterocycles. The number of benzene rings is 2. The summed E-state index contributed by atoms with van der Waals surface area (Å²) in [5.74, 6) is 0.762. The van der Waals surface area contributed by atoms with Crippen LogP contribution in [0.5, 0.6) is 11.5 Å². The molecule has 1 heterocycles. The summed E-state index contributed by atoms with van der Waals surface area (Å²) in [5, 5.41) is 8.98. The predicted molar refractivity (Wildman–Crippen MR) is 132 cm³/mol. The van der Waals surface area contributed by atoms with Crippen molar-refractivity contribution in [2.24, 2.45) is 11.1 Å². The van der Waals surface area contributed by atoms with Gasteiger partial charge in [-0.15, -0.1) is 13.2 Å². The van der Waals surface area contributed by atoms with Gasteiger partial charge >= 0.3 is 6.36 Å². The Kier molecular flexibility index (Phi) is 8.53. The summed E-state index contributed by atoms with van der Waals surface area (Å²) >= 11 is 0. The number of nitrogens with one attached hydrogen (secondary N) is 1. The fraction of sp³-hybridized carbons (Fsp3) is 0.500. The highest BCUT2D eigenvalue weighted by Gasteiger charge is 2.31. The monoisotopic (exact) mass is 492 g/mol. The molecule has 3 rings (SSSR count). The Hall–Kier alpha value is -2.94. The molecule has 0 radical (unpaired) electrons. The number of ether oxygens (including phenoxy) is 2. The van der Waals surface area contributed by atoms with Crippen molar-refractivity contribution >= 4 is 11.6 Å². The quantitative estimate of drug-likeness (QED) is 0.362. The van der Waals surface area contributed by atoms with E-state index in [2.05, 4.69) is 30.4 Å². The highest BCUT2D eigenvalue weighted by Crippen LogP contribution is 2.28. The number of guanidine groups is 1. The smallest absolute Gasteiger partial charge is 0.489 e. The van der Waals surface area contributed by atoms with E-state index in [1.54, 1.807) is 18.2 Å². The molecule has 2 aromatic rings. The molecule has 1 unspecified atom stereocenters. The van der Waals surface area contributed by atoms with E-state index in [1.807, 2.05) is 17.0 Å². The number of piperidine rings is 1. The molecule has 1 fully saturated rings. The molecule has 1 atom stereocenters. The summed E-state index contributed by atoms with van der Waals surface area (Å²) in [6.45, 7) is 8.37. The van der Waals surface area contributed by atoms with Gasteiger partial charge in [0.15, 0.2) is 5.96 Å². The summed E-state index contributed by atoms with van der Waals surface area (Å²) in [5.41, 5.74) is 7.23. The lowest BCUT2D eigenvalue weighted by Gasteiger charge is -2.42. The van der Waals surface area contributed by atoms with Crippen molar-refractivity contribution < 1.29 is 22.6 Å². The van der Waals surface area contributed by atoms with Gasteiger partial charge in [-0.3, -0.25) is 5.41 Å². The Balaban J connectivity index is 1.72. The highest BCUT2D eigenvalue weighted by molar-refractivity contribution is 5.94. The van der Waals surface area contributed by atoms with Crippen LogP contribution in [0.1, 0.15) is 45.6 Å². The second-order valence-corrected chi connectivity index (χ2v) is 9.79. The van der Waals surface area contributed by atoms with E-state index in [1.165, 1.54) is 24.6 Å². The third-order valence-electron chi connectivity index (χ3n) is 6.16. The summed E-state index contributed by atoms with van der Waals surface area (Å²) in [6, 6.07) is 13.4. The molecule has 1 aliphatic heterocycles. The van der Waals surface area contributed by atoms with Crippen molar-refractivity contribution in [3.05, 3.63) is 54.1 Å². The van der Waals surface area contributed by atoms with Gasteiger partial charge in [-0.25, -0.2) is 0 Å². The van der Waals surface area contributed by atoms with Crippen molar-refractivity contribution in [2.45, 2.75) is 59.0 Å². The number of anilines is 1. The molecule has 0 saturated carbocycles. The van der Waals surface area contributed by atoms with E-state index in [0.29, 0.717) is 36.4 Å². The third-order valence-corrected chi connectivity index (χ3v) is 6.16. The van der Waals surface area contributed by atoms with Gasteiger partial charge in [0.25, 0.3) is 0 Å². The Bertz CT molecular complexity index is 979. The van der Waals surface area contributed by atoms with Gasteiger partial charge in [-0.2, -0.15) is 0 Å². The molecule has 6 nitrogen and oxygen atoms in total. The minimum absolute atomic E-state index is 0.0967. The maximum atomic E-state index is 12.5. The van der Waals surface area contributed by atoms with Crippen LogP contribution in [0.3, 0.4) is 0 Å². The predicted octanol–water partition coefficient (Wildman–Crippen LogP) is 5.76. The SMILES string of the molecule is CC1CCCCN1C(=N)N(CC(C)(C)CN)c1ccc(OCc2cccc(OC(F)(F)F)c2)cc1. The normalized spacial score (nSPS) is 16.7. The summed E-state index contributed by atoms with van der Waals surface area (Å²) in [6.07, 6.45) is -1.42. The highest BCUT2D eigenvalue weighted by atomic mass is 19.4. The standard InChI is InChI=1S/C26H35F3N4O2/c1-19-7-4-5-14-32(19)24(31)33(18-25(2,3)17-30)21-10-12-22(13-11-21)34-16-20-8-6-9-23(15-20)35-26(27,28)29/h6,8-13,15,19,31H,4-5,7,14,16-18,30H2,1-3H3. The van der Waals surface area contributed by atoms with Crippen LogP contribution in [0, 0.1) is 10.8 Å². The minimum Gasteiger partial charge on any atom is -0.489 e. The van der Waals surface area contributed by atoms with Crippen LogP contribution in [0.15, 0.2) is 48.5 Å². The average Bonchev–Trinajstić information content (AvgIpc) is 2.81. The zero-order chi connectivity index (χ0) is 25.6. The van der Waals surface area contributed by atoms with Gasteiger partial charge in [-0.05, 0) is 80.1 Å². The molecule has 0 amide bonds. The molecule has 3 N–H and O–H groups in total. The number of alkyl halides is 3. The second kappa shape index (κ2) is 11.2. The Morgan fingerprint density at radius 1 is 1.11 bits per heavy atom. The van der Waals surface area contributed by atoms with Crippen LogP contribution in [0.4, 0.5) is 18.9 Å². The fourth-order valence-electron chi connectivity index (χ4n) is 4.07. The molecule has 0 spiro atoms. The van der Waals surface area contributed by atoms with Gasteiger partial charge in [0.1, 0.15) is 18.1 Å². The van der Waals surface area contributed by atoms with Gasteiger partial charge in [-0.1, -0.05) is 26.0 Å². The van der Waals surface area contributed by atoms with Crippen molar-refractivity contribution in [1.29, 1.82) is 5.41 Å². The Labute approximate surface area is 205 Å². The Morgan fingerprint density at radius 3 is 2.46 bits per heavy atom. The number of rotatable bonds is 8. The van der Waals surface area contributed by atoms with Gasteiger partial charge in [0.05, 0.1) is 0 Å². The molecule has 192 valence electrons. The van der Waals surface area contributed by atoms with Crippen LogP contribution in [-0.2, 0) is 6.61 Å². The summed E-state index contributed by atoms with van der Waals surface area (Å²) in [4.78, 5) is 4.15. The topological polar surface area (TPSA) is 74.8 Å². The van der Waals surface area contributed by atoms with Crippen LogP contribution < -0.4 is 20.1 Å². The maximum Gasteiger partial charge on any atom is 0.573 e. The molecule has 1 saturated heterocycles. The number of halogens is 3. The molecular formula is C26H35F3N4O2. The van der Waals surface area contributed by atoms with Crippen molar-refractivity contribution in [2.75, 3.05) is 24.5 Å². The third kappa shape index (κ3) is 7.78. The van der Waals surface area contributed by atoms with Crippen LogP contribution in [-0.4, -0.2) is 42.9 Å². The van der Waals surface area contributed by atoms with Crippen molar-refractivity contribution in [1.82, 2.24) is 4.90 Å². The average molecular weight is 493 g/mol. The second-order valence-electron chi connectivity index (χ2n) is 9.79. The fourth-order valence-corrected chi connectivity index (χ4v) is 4.07. The number of likely N-dealkylation sites (tertiary alicyclic amines) is 1. The van der Waals surface area contributed by atoms with Crippen LogP contribution in [0.25, 0.3) is 0 Å². The van der Waals surface area contributed by atoms with Gasteiger partial charge < -0.3 is 25.0 Å². The van der Waals surface area contributed by atoms with E-state index < -0.39 is 6.36 Å². The summed E-state index contributed by atoms with van der Waals surface area (Å²) < 4.78 is 47.2. The molecule has 1 aliphatic rings. The van der Waals surface area contributed by atoms with Crippen LogP contribution >= 0.6 is 0 Å². The molecule has 0 aliphatic carbocycles. The lowest BCUT2D eigenvalue weighted by Crippen LogP contribution is -2.53. The number of hydrogen-bond donors (Lipinski definition) is 2. The van der Waals surface area contributed by atoms with E-state index in [-0.39, 0.29) is 17.8 Å². The van der Waals surface area contributed by atoms with E-state index in [4.69, 9.17) is 15.9 Å². The van der Waals surface area contributed by atoms with Crippen molar-refractivity contribution in [3.8, 4) is 11.5 Å². The zero-order valence-electron chi connectivity index (χ0n) is 20.6. The first-order chi connectivity index (χ1) is 16.5. The first-order valence-corrected chi connectivity index (χ1v) is 11.9. The van der Waals surface area contributed by atoms with E-state index >= 15 is 0 Å².